The Labute approximate surface area is 130 Å². The van der Waals surface area contributed by atoms with Gasteiger partial charge in [-0.05, 0) is 24.8 Å². The van der Waals surface area contributed by atoms with Crippen LogP contribution in [0.15, 0.2) is 30.3 Å². The molecule has 120 valence electrons. The second-order valence-electron chi connectivity index (χ2n) is 5.28. The molecule has 1 heterocycles. The quantitative estimate of drug-likeness (QED) is 0.698. The van der Waals surface area contributed by atoms with Crippen molar-refractivity contribution in [1.82, 2.24) is 16.0 Å². The lowest BCUT2D eigenvalue weighted by Gasteiger charge is -2.11. The van der Waals surface area contributed by atoms with Gasteiger partial charge in [-0.3, -0.25) is 4.79 Å². The third-order valence-corrected chi connectivity index (χ3v) is 3.50. The van der Waals surface area contributed by atoms with Crippen molar-refractivity contribution in [3.05, 3.63) is 35.9 Å². The molecular formula is C16H23N3O3. The average Bonchev–Trinajstić information content (AvgIpc) is 3.05. The first-order chi connectivity index (χ1) is 10.7. The van der Waals surface area contributed by atoms with Crippen LogP contribution in [0.3, 0.4) is 0 Å². The number of rotatable bonds is 7. The van der Waals surface area contributed by atoms with Gasteiger partial charge in [-0.1, -0.05) is 30.3 Å². The molecule has 22 heavy (non-hydrogen) atoms. The molecule has 1 aromatic rings. The molecule has 0 spiro atoms. The first-order valence-corrected chi connectivity index (χ1v) is 7.68. The second kappa shape index (κ2) is 9.04. The maximum absolute atomic E-state index is 11.6. The van der Waals surface area contributed by atoms with E-state index in [1.54, 1.807) is 0 Å². The van der Waals surface area contributed by atoms with Crippen LogP contribution < -0.4 is 16.0 Å². The number of nitrogens with one attached hydrogen (secondary N) is 3. The summed E-state index contributed by atoms with van der Waals surface area (Å²) in [4.78, 5) is 23.2. The fourth-order valence-electron chi connectivity index (χ4n) is 2.29. The van der Waals surface area contributed by atoms with Crippen LogP contribution in [0.5, 0.6) is 0 Å². The highest BCUT2D eigenvalue weighted by Gasteiger charge is 2.16. The van der Waals surface area contributed by atoms with Crippen molar-refractivity contribution < 1.29 is 14.3 Å². The Hall–Kier alpha value is -2.08. The van der Waals surface area contributed by atoms with Gasteiger partial charge in [0.25, 0.3) is 0 Å². The predicted octanol–water partition coefficient (Wildman–Crippen LogP) is 0.824. The van der Waals surface area contributed by atoms with E-state index in [1.165, 1.54) is 5.56 Å². The van der Waals surface area contributed by atoms with E-state index < -0.39 is 0 Å². The highest BCUT2D eigenvalue weighted by atomic mass is 16.5. The zero-order chi connectivity index (χ0) is 15.6. The third-order valence-electron chi connectivity index (χ3n) is 3.50. The Morgan fingerprint density at radius 3 is 2.68 bits per heavy atom. The Morgan fingerprint density at radius 2 is 1.95 bits per heavy atom. The van der Waals surface area contributed by atoms with Gasteiger partial charge in [-0.2, -0.15) is 0 Å². The molecule has 6 nitrogen and oxygen atoms in total. The average molecular weight is 305 g/mol. The van der Waals surface area contributed by atoms with E-state index in [0.717, 1.165) is 25.9 Å². The van der Waals surface area contributed by atoms with Gasteiger partial charge in [0.05, 0.1) is 12.6 Å². The highest BCUT2D eigenvalue weighted by Crippen LogP contribution is 2.10. The Bertz CT molecular complexity index is 473. The topological polar surface area (TPSA) is 79.5 Å². The molecule has 6 heteroatoms. The van der Waals surface area contributed by atoms with E-state index in [1.807, 2.05) is 30.3 Å². The molecule has 1 aliphatic heterocycles. The van der Waals surface area contributed by atoms with Crippen LogP contribution >= 0.6 is 0 Å². The molecule has 0 saturated carbocycles. The van der Waals surface area contributed by atoms with Gasteiger partial charge >= 0.3 is 6.03 Å². The standard InChI is InChI=1S/C16H23N3O3/c20-15(17-9-8-13-5-2-1-3-6-13)12-19-16(21)18-11-14-7-4-10-22-14/h1-3,5-6,14H,4,7-12H2,(H,17,20)(H2,18,19,21). The van der Waals surface area contributed by atoms with E-state index in [9.17, 15) is 9.59 Å². The minimum atomic E-state index is -0.339. The number of hydrogen-bond acceptors (Lipinski definition) is 3. The number of amides is 3. The van der Waals surface area contributed by atoms with E-state index in [2.05, 4.69) is 16.0 Å². The summed E-state index contributed by atoms with van der Waals surface area (Å²) in [5.74, 6) is -0.191. The summed E-state index contributed by atoms with van der Waals surface area (Å²) < 4.78 is 5.40. The smallest absolute Gasteiger partial charge is 0.315 e. The van der Waals surface area contributed by atoms with Gasteiger partial charge in [0, 0.05) is 19.7 Å². The minimum absolute atomic E-state index is 0.0217. The number of hydrogen-bond donors (Lipinski definition) is 3. The molecule has 1 aliphatic rings. The van der Waals surface area contributed by atoms with E-state index in [4.69, 9.17) is 4.74 Å². The SMILES string of the molecule is O=C(CNC(=O)NCC1CCCO1)NCCc1ccccc1. The predicted molar refractivity (Wildman–Crippen MR) is 83.5 cm³/mol. The first-order valence-electron chi connectivity index (χ1n) is 7.68. The van der Waals surface area contributed by atoms with Crippen molar-refractivity contribution in [2.24, 2.45) is 0 Å². The van der Waals surface area contributed by atoms with E-state index >= 15 is 0 Å². The summed E-state index contributed by atoms with van der Waals surface area (Å²) in [7, 11) is 0. The molecule has 0 bridgehead atoms. The lowest BCUT2D eigenvalue weighted by atomic mass is 10.1. The van der Waals surface area contributed by atoms with Crippen LogP contribution in [0.1, 0.15) is 18.4 Å². The summed E-state index contributed by atoms with van der Waals surface area (Å²) in [6.07, 6.45) is 2.89. The fraction of sp³-hybridized carbons (Fsp3) is 0.500. The number of benzene rings is 1. The fourth-order valence-corrected chi connectivity index (χ4v) is 2.29. The van der Waals surface area contributed by atoms with Crippen molar-refractivity contribution >= 4 is 11.9 Å². The molecule has 1 fully saturated rings. The maximum Gasteiger partial charge on any atom is 0.315 e. The van der Waals surface area contributed by atoms with Crippen LogP contribution in [0, 0.1) is 0 Å². The lowest BCUT2D eigenvalue weighted by Crippen LogP contribution is -2.44. The van der Waals surface area contributed by atoms with Gasteiger partial charge in [0.2, 0.25) is 5.91 Å². The molecule has 1 aromatic carbocycles. The molecule has 1 atom stereocenters. The van der Waals surface area contributed by atoms with Crippen LogP contribution in [0.2, 0.25) is 0 Å². The van der Waals surface area contributed by atoms with Crippen LogP contribution in [0.25, 0.3) is 0 Å². The highest BCUT2D eigenvalue weighted by molar-refractivity contribution is 5.83. The summed E-state index contributed by atoms with van der Waals surface area (Å²) in [6, 6.07) is 9.59. The Balaban J connectivity index is 1.52. The summed E-state index contributed by atoms with van der Waals surface area (Å²) in [5, 5.41) is 8.02. The van der Waals surface area contributed by atoms with Gasteiger partial charge in [0.1, 0.15) is 0 Å². The van der Waals surface area contributed by atoms with E-state index in [0.29, 0.717) is 13.1 Å². The molecule has 1 unspecified atom stereocenters. The van der Waals surface area contributed by atoms with Crippen molar-refractivity contribution in [2.75, 3.05) is 26.2 Å². The Morgan fingerprint density at radius 1 is 1.14 bits per heavy atom. The van der Waals surface area contributed by atoms with Gasteiger partial charge < -0.3 is 20.7 Å². The minimum Gasteiger partial charge on any atom is -0.376 e. The van der Waals surface area contributed by atoms with Crippen LogP contribution in [-0.2, 0) is 16.0 Å². The molecule has 3 N–H and O–H groups in total. The second-order valence-corrected chi connectivity index (χ2v) is 5.28. The van der Waals surface area contributed by atoms with Crippen molar-refractivity contribution in [3.63, 3.8) is 0 Å². The number of urea groups is 1. The summed E-state index contributed by atoms with van der Waals surface area (Å²) in [5.41, 5.74) is 1.17. The largest absolute Gasteiger partial charge is 0.376 e. The molecular weight excluding hydrogens is 282 g/mol. The van der Waals surface area contributed by atoms with Crippen molar-refractivity contribution in [1.29, 1.82) is 0 Å². The number of carbonyl (C=O) groups is 2. The zero-order valence-corrected chi connectivity index (χ0v) is 12.6. The maximum atomic E-state index is 11.6. The monoisotopic (exact) mass is 305 g/mol. The molecule has 3 amide bonds. The number of ether oxygens (including phenoxy) is 1. The van der Waals surface area contributed by atoms with Gasteiger partial charge in [-0.25, -0.2) is 4.79 Å². The number of carbonyl (C=O) groups excluding carboxylic acids is 2. The van der Waals surface area contributed by atoms with Crippen molar-refractivity contribution in [2.45, 2.75) is 25.4 Å². The third kappa shape index (κ3) is 6.13. The Kier molecular flexibility index (Phi) is 6.70. The normalized spacial score (nSPS) is 17.0. The molecule has 0 aliphatic carbocycles. The van der Waals surface area contributed by atoms with Crippen LogP contribution in [0.4, 0.5) is 4.79 Å². The zero-order valence-electron chi connectivity index (χ0n) is 12.6. The van der Waals surface area contributed by atoms with Gasteiger partial charge in [-0.15, -0.1) is 0 Å². The van der Waals surface area contributed by atoms with E-state index in [-0.39, 0.29) is 24.6 Å². The summed E-state index contributed by atoms with van der Waals surface area (Å²) >= 11 is 0. The molecule has 1 saturated heterocycles. The van der Waals surface area contributed by atoms with Crippen LogP contribution in [-0.4, -0.2) is 44.3 Å². The van der Waals surface area contributed by atoms with Gasteiger partial charge in [0.15, 0.2) is 0 Å². The lowest BCUT2D eigenvalue weighted by molar-refractivity contribution is -0.120. The molecule has 2 rings (SSSR count). The molecule has 0 aromatic heterocycles. The first kappa shape index (κ1) is 16.3. The van der Waals surface area contributed by atoms with Crippen molar-refractivity contribution in [3.8, 4) is 0 Å². The molecule has 0 radical (unpaired) electrons. The summed E-state index contributed by atoms with van der Waals surface area (Å²) in [6.45, 7) is 1.79.